The van der Waals surface area contributed by atoms with Gasteiger partial charge in [0.1, 0.15) is 0 Å². The van der Waals surface area contributed by atoms with E-state index in [0.717, 1.165) is 6.42 Å². The lowest BCUT2D eigenvalue weighted by Gasteiger charge is -2.19. The maximum absolute atomic E-state index is 2.35. The van der Waals surface area contributed by atoms with Gasteiger partial charge >= 0.3 is 0 Å². The molecule has 0 fully saturated rings. The van der Waals surface area contributed by atoms with Gasteiger partial charge in [-0.25, -0.2) is 0 Å². The molecule has 0 aliphatic heterocycles. The Balaban J connectivity index is 2.17. The third kappa shape index (κ3) is 1.95. The maximum atomic E-state index is 2.35. The summed E-state index contributed by atoms with van der Waals surface area (Å²) in [6, 6.07) is 10.7. The number of hydrogen-bond acceptors (Lipinski definition) is 0. The van der Waals surface area contributed by atoms with E-state index < -0.39 is 0 Å². The fourth-order valence-corrected chi connectivity index (χ4v) is 2.08. The predicted octanol–water partition coefficient (Wildman–Crippen LogP) is 3.75. The van der Waals surface area contributed by atoms with Crippen LogP contribution in [-0.2, 0) is 6.42 Å². The lowest BCUT2D eigenvalue weighted by atomic mass is 9.85. The fraction of sp³-hybridized carbons (Fsp3) is 0.286. The van der Waals surface area contributed by atoms with E-state index in [4.69, 9.17) is 0 Å². The van der Waals surface area contributed by atoms with Crippen LogP contribution in [0.1, 0.15) is 19.4 Å². The quantitative estimate of drug-likeness (QED) is 0.656. The first-order valence-electron chi connectivity index (χ1n) is 5.11. The van der Waals surface area contributed by atoms with Gasteiger partial charge in [-0.3, -0.25) is 0 Å². The predicted molar refractivity (Wildman–Crippen MR) is 61.2 cm³/mol. The molecule has 0 aromatic heterocycles. The summed E-state index contributed by atoms with van der Waals surface area (Å²) in [6.07, 6.45) is 7.96. The zero-order chi connectivity index (χ0) is 10.0. The summed E-state index contributed by atoms with van der Waals surface area (Å²) >= 11 is 0. The van der Waals surface area contributed by atoms with Gasteiger partial charge < -0.3 is 0 Å². The van der Waals surface area contributed by atoms with Gasteiger partial charge in [0.05, 0.1) is 0 Å². The molecule has 1 aliphatic carbocycles. The second-order valence-electron chi connectivity index (χ2n) is 4.39. The average Bonchev–Trinajstić information content (AvgIpc) is 2.47. The summed E-state index contributed by atoms with van der Waals surface area (Å²) in [4.78, 5) is 0. The minimum absolute atomic E-state index is 0.228. The van der Waals surface area contributed by atoms with Crippen molar-refractivity contribution in [3.05, 3.63) is 59.7 Å². The monoisotopic (exact) mass is 184 g/mol. The van der Waals surface area contributed by atoms with E-state index in [1.165, 1.54) is 11.1 Å². The van der Waals surface area contributed by atoms with Crippen molar-refractivity contribution in [1.29, 1.82) is 0 Å². The van der Waals surface area contributed by atoms with Crippen molar-refractivity contribution in [1.82, 2.24) is 0 Å². The van der Waals surface area contributed by atoms with Crippen molar-refractivity contribution < 1.29 is 0 Å². The van der Waals surface area contributed by atoms with E-state index in [2.05, 4.69) is 62.4 Å². The molecule has 1 atom stereocenters. The summed E-state index contributed by atoms with van der Waals surface area (Å²) in [6.45, 7) is 4.44. The Labute approximate surface area is 86.0 Å². The highest BCUT2D eigenvalue weighted by molar-refractivity contribution is 5.34. The Kier molecular flexibility index (Phi) is 2.28. The van der Waals surface area contributed by atoms with Crippen LogP contribution in [0.2, 0.25) is 0 Å². The van der Waals surface area contributed by atoms with Crippen LogP contribution in [0, 0.1) is 5.41 Å². The van der Waals surface area contributed by atoms with Gasteiger partial charge in [-0.2, -0.15) is 0 Å². The summed E-state index contributed by atoms with van der Waals surface area (Å²) in [5.74, 6) is 0. The summed E-state index contributed by atoms with van der Waals surface area (Å²) in [5.41, 5.74) is 3.01. The lowest BCUT2D eigenvalue weighted by Crippen LogP contribution is -2.11. The Morgan fingerprint density at radius 1 is 1.14 bits per heavy atom. The van der Waals surface area contributed by atoms with E-state index in [0.29, 0.717) is 0 Å². The van der Waals surface area contributed by atoms with E-state index in [1.807, 2.05) is 0 Å². The largest absolute Gasteiger partial charge is 0.0742 e. The minimum atomic E-state index is 0.228. The van der Waals surface area contributed by atoms with Gasteiger partial charge in [-0.15, -0.1) is 0 Å². The van der Waals surface area contributed by atoms with Crippen LogP contribution in [0.5, 0.6) is 0 Å². The molecule has 14 heavy (non-hydrogen) atoms. The van der Waals surface area contributed by atoms with Crippen molar-refractivity contribution in [3.8, 4) is 0 Å². The molecule has 1 unspecified atom stereocenters. The molecule has 0 spiro atoms. The highest BCUT2D eigenvalue weighted by Crippen LogP contribution is 2.32. The van der Waals surface area contributed by atoms with E-state index in [1.54, 1.807) is 0 Å². The Bertz CT molecular complexity index is 370. The Morgan fingerprint density at radius 2 is 1.86 bits per heavy atom. The van der Waals surface area contributed by atoms with Crippen LogP contribution in [0.3, 0.4) is 0 Å². The van der Waals surface area contributed by atoms with Gasteiger partial charge in [-0.1, -0.05) is 61.1 Å². The second-order valence-corrected chi connectivity index (χ2v) is 4.39. The summed E-state index contributed by atoms with van der Waals surface area (Å²) in [5, 5.41) is 0. The van der Waals surface area contributed by atoms with Crippen LogP contribution >= 0.6 is 0 Å². The molecular formula is C14H16. The third-order valence-electron chi connectivity index (χ3n) is 2.71. The standard InChI is InChI=1S/C14H16/c1-12-8-9-14(2,10-12)11-13-6-4-3-5-7-13/h3-10H,11H2,1-2H3. The normalized spacial score (nSPS) is 25.1. The molecule has 0 saturated heterocycles. The van der Waals surface area contributed by atoms with Crippen molar-refractivity contribution in [2.45, 2.75) is 20.3 Å². The van der Waals surface area contributed by atoms with Crippen LogP contribution in [0.25, 0.3) is 0 Å². The summed E-state index contributed by atoms with van der Waals surface area (Å²) in [7, 11) is 0. The van der Waals surface area contributed by atoms with Gasteiger partial charge in [-0.05, 0) is 18.9 Å². The van der Waals surface area contributed by atoms with Crippen LogP contribution in [-0.4, -0.2) is 0 Å². The molecule has 0 amide bonds. The molecule has 0 nitrogen and oxygen atoms in total. The molecule has 0 bridgehead atoms. The zero-order valence-corrected chi connectivity index (χ0v) is 8.83. The van der Waals surface area contributed by atoms with Crippen LogP contribution < -0.4 is 0 Å². The maximum Gasteiger partial charge on any atom is 0.00819 e. The number of benzene rings is 1. The van der Waals surface area contributed by atoms with Gasteiger partial charge in [0.15, 0.2) is 0 Å². The molecule has 0 saturated carbocycles. The number of rotatable bonds is 2. The summed E-state index contributed by atoms with van der Waals surface area (Å²) < 4.78 is 0. The second kappa shape index (κ2) is 3.45. The molecular weight excluding hydrogens is 168 g/mol. The number of allylic oxidation sites excluding steroid dienone is 4. The highest BCUT2D eigenvalue weighted by Gasteiger charge is 2.21. The van der Waals surface area contributed by atoms with Crippen molar-refractivity contribution >= 4 is 0 Å². The van der Waals surface area contributed by atoms with E-state index in [9.17, 15) is 0 Å². The minimum Gasteiger partial charge on any atom is -0.0742 e. The van der Waals surface area contributed by atoms with E-state index in [-0.39, 0.29) is 5.41 Å². The SMILES string of the molecule is CC1=CC(C)(Cc2ccccc2)C=C1. The van der Waals surface area contributed by atoms with Crippen LogP contribution in [0.15, 0.2) is 54.1 Å². The number of hydrogen-bond donors (Lipinski definition) is 0. The first-order valence-corrected chi connectivity index (χ1v) is 5.11. The van der Waals surface area contributed by atoms with Crippen molar-refractivity contribution in [2.75, 3.05) is 0 Å². The third-order valence-corrected chi connectivity index (χ3v) is 2.71. The first-order chi connectivity index (χ1) is 6.68. The molecule has 1 aliphatic rings. The van der Waals surface area contributed by atoms with E-state index >= 15 is 0 Å². The molecule has 0 heterocycles. The van der Waals surface area contributed by atoms with Gasteiger partial charge in [0, 0.05) is 5.41 Å². The van der Waals surface area contributed by atoms with Gasteiger partial charge in [0.2, 0.25) is 0 Å². The molecule has 0 heteroatoms. The molecule has 72 valence electrons. The molecule has 0 N–H and O–H groups in total. The average molecular weight is 184 g/mol. The zero-order valence-electron chi connectivity index (χ0n) is 8.83. The molecule has 1 aromatic carbocycles. The van der Waals surface area contributed by atoms with Crippen molar-refractivity contribution in [2.24, 2.45) is 5.41 Å². The lowest BCUT2D eigenvalue weighted by molar-refractivity contribution is 0.555. The van der Waals surface area contributed by atoms with Gasteiger partial charge in [0.25, 0.3) is 0 Å². The molecule has 1 aromatic rings. The molecule has 2 rings (SSSR count). The topological polar surface area (TPSA) is 0 Å². The Hall–Kier alpha value is -1.30. The first kappa shape index (κ1) is 9.26. The highest BCUT2D eigenvalue weighted by atomic mass is 14.3. The molecule has 0 radical (unpaired) electrons. The fourth-order valence-electron chi connectivity index (χ4n) is 2.08. The smallest absolute Gasteiger partial charge is 0.00819 e. The van der Waals surface area contributed by atoms with Crippen molar-refractivity contribution in [3.63, 3.8) is 0 Å². The Morgan fingerprint density at radius 3 is 2.43 bits per heavy atom. The van der Waals surface area contributed by atoms with Crippen LogP contribution in [0.4, 0.5) is 0 Å².